The van der Waals surface area contributed by atoms with Crippen LogP contribution in [0.1, 0.15) is 0 Å². The molecule has 0 bridgehead atoms. The number of amides is 1. The summed E-state index contributed by atoms with van der Waals surface area (Å²) in [5.41, 5.74) is 1.55. The summed E-state index contributed by atoms with van der Waals surface area (Å²) in [7, 11) is 0. The summed E-state index contributed by atoms with van der Waals surface area (Å²) in [6, 6.07) is 25.7. The lowest BCUT2D eigenvalue weighted by Crippen LogP contribution is -2.20. The van der Waals surface area contributed by atoms with Crippen molar-refractivity contribution in [3.8, 4) is 5.75 Å². The van der Waals surface area contributed by atoms with E-state index in [2.05, 4.69) is 5.32 Å². The standard InChI is InChI=1S/C25H17NO4/c27-24(26-18-10-9-16-5-1-2-6-17(16)13-18)15-29-19-11-12-21-23(14-19)30-22-8-4-3-7-20(22)25(21)28/h1-14H,15H2,(H,26,27). The van der Waals surface area contributed by atoms with Gasteiger partial charge >= 0.3 is 0 Å². The average Bonchev–Trinajstić information content (AvgIpc) is 2.78. The molecule has 0 unspecified atom stereocenters. The monoisotopic (exact) mass is 395 g/mol. The Morgan fingerprint density at radius 3 is 2.47 bits per heavy atom. The molecule has 1 aromatic heterocycles. The van der Waals surface area contributed by atoms with Crippen LogP contribution in [-0.4, -0.2) is 12.5 Å². The smallest absolute Gasteiger partial charge is 0.262 e. The Balaban J connectivity index is 1.33. The minimum Gasteiger partial charge on any atom is -0.484 e. The van der Waals surface area contributed by atoms with Gasteiger partial charge in [-0.05, 0) is 47.2 Å². The minimum atomic E-state index is -0.273. The number of ether oxygens (including phenoxy) is 1. The van der Waals surface area contributed by atoms with Crippen LogP contribution in [0.4, 0.5) is 5.69 Å². The number of nitrogens with one attached hydrogen (secondary N) is 1. The van der Waals surface area contributed by atoms with Crippen LogP contribution in [0.5, 0.6) is 5.75 Å². The predicted octanol–water partition coefficient (Wildman–Crippen LogP) is 5.12. The van der Waals surface area contributed by atoms with Crippen molar-refractivity contribution in [2.75, 3.05) is 11.9 Å². The van der Waals surface area contributed by atoms with Gasteiger partial charge in [-0.3, -0.25) is 9.59 Å². The molecule has 0 atom stereocenters. The molecule has 0 radical (unpaired) electrons. The van der Waals surface area contributed by atoms with E-state index in [4.69, 9.17) is 9.15 Å². The molecule has 0 aliphatic rings. The first-order valence-corrected chi connectivity index (χ1v) is 9.54. The normalized spacial score (nSPS) is 11.1. The van der Waals surface area contributed by atoms with Gasteiger partial charge in [0.05, 0.1) is 10.8 Å². The van der Waals surface area contributed by atoms with Gasteiger partial charge in [-0.15, -0.1) is 0 Å². The number of rotatable bonds is 4. The van der Waals surface area contributed by atoms with Crippen LogP contribution in [0.3, 0.4) is 0 Å². The van der Waals surface area contributed by atoms with Crippen molar-refractivity contribution in [1.29, 1.82) is 0 Å². The van der Waals surface area contributed by atoms with Crippen molar-refractivity contribution < 1.29 is 13.9 Å². The largest absolute Gasteiger partial charge is 0.484 e. The highest BCUT2D eigenvalue weighted by molar-refractivity contribution is 5.95. The van der Waals surface area contributed by atoms with E-state index >= 15 is 0 Å². The van der Waals surface area contributed by atoms with Crippen LogP contribution in [0.2, 0.25) is 0 Å². The van der Waals surface area contributed by atoms with E-state index < -0.39 is 0 Å². The second kappa shape index (κ2) is 7.37. The lowest BCUT2D eigenvalue weighted by atomic mass is 10.1. The van der Waals surface area contributed by atoms with Crippen molar-refractivity contribution in [1.82, 2.24) is 0 Å². The Labute approximate surface area is 171 Å². The lowest BCUT2D eigenvalue weighted by molar-refractivity contribution is -0.118. The van der Waals surface area contributed by atoms with Gasteiger partial charge in [0.2, 0.25) is 5.43 Å². The topological polar surface area (TPSA) is 68.5 Å². The fraction of sp³-hybridized carbons (Fsp3) is 0.0400. The first-order valence-electron chi connectivity index (χ1n) is 9.54. The van der Waals surface area contributed by atoms with Crippen LogP contribution >= 0.6 is 0 Å². The first kappa shape index (κ1) is 17.9. The van der Waals surface area contributed by atoms with Gasteiger partial charge in [0, 0.05) is 11.8 Å². The molecular weight excluding hydrogens is 378 g/mol. The molecule has 5 heteroatoms. The van der Waals surface area contributed by atoms with E-state index in [1.807, 2.05) is 48.5 Å². The zero-order chi connectivity index (χ0) is 20.5. The number of hydrogen-bond donors (Lipinski definition) is 1. The van der Waals surface area contributed by atoms with Crippen LogP contribution in [0.15, 0.2) is 94.1 Å². The molecule has 1 amide bonds. The molecular formula is C25H17NO4. The highest BCUT2D eigenvalue weighted by Gasteiger charge is 2.10. The van der Waals surface area contributed by atoms with Gasteiger partial charge in [-0.1, -0.05) is 42.5 Å². The highest BCUT2D eigenvalue weighted by atomic mass is 16.5. The van der Waals surface area contributed by atoms with Crippen LogP contribution in [0, 0.1) is 0 Å². The maximum Gasteiger partial charge on any atom is 0.262 e. The number of anilines is 1. The van der Waals surface area contributed by atoms with Crippen molar-refractivity contribution in [2.24, 2.45) is 0 Å². The van der Waals surface area contributed by atoms with Gasteiger partial charge in [-0.25, -0.2) is 0 Å². The zero-order valence-electron chi connectivity index (χ0n) is 15.9. The fourth-order valence-electron chi connectivity index (χ4n) is 3.48. The highest BCUT2D eigenvalue weighted by Crippen LogP contribution is 2.23. The third-order valence-electron chi connectivity index (χ3n) is 4.95. The molecule has 4 aromatic carbocycles. The molecule has 1 N–H and O–H groups in total. The molecule has 0 aliphatic carbocycles. The molecule has 0 fully saturated rings. The van der Waals surface area contributed by atoms with Crippen molar-refractivity contribution in [2.45, 2.75) is 0 Å². The van der Waals surface area contributed by atoms with Crippen molar-refractivity contribution in [3.05, 3.63) is 95.2 Å². The van der Waals surface area contributed by atoms with Crippen molar-refractivity contribution >= 4 is 44.3 Å². The number of carbonyl (C=O) groups is 1. The summed E-state index contributed by atoms with van der Waals surface area (Å²) < 4.78 is 11.4. The molecule has 30 heavy (non-hydrogen) atoms. The Kier molecular flexibility index (Phi) is 4.41. The number of fused-ring (bicyclic) bond motifs is 3. The number of benzene rings is 4. The molecule has 5 nitrogen and oxygen atoms in total. The molecule has 146 valence electrons. The summed E-state index contributed by atoms with van der Waals surface area (Å²) >= 11 is 0. The summed E-state index contributed by atoms with van der Waals surface area (Å²) in [6.07, 6.45) is 0. The van der Waals surface area contributed by atoms with E-state index in [1.54, 1.807) is 36.4 Å². The molecule has 5 rings (SSSR count). The minimum absolute atomic E-state index is 0.0903. The second-order valence-electron chi connectivity index (χ2n) is 6.98. The quantitative estimate of drug-likeness (QED) is 0.429. The lowest BCUT2D eigenvalue weighted by Gasteiger charge is -2.09. The van der Waals surface area contributed by atoms with E-state index in [1.165, 1.54) is 0 Å². The number of carbonyl (C=O) groups excluding carboxylic acids is 1. The number of hydrogen-bond acceptors (Lipinski definition) is 4. The summed E-state index contributed by atoms with van der Waals surface area (Å²) in [4.78, 5) is 24.9. The first-order chi connectivity index (χ1) is 14.7. The fourth-order valence-corrected chi connectivity index (χ4v) is 3.48. The van der Waals surface area contributed by atoms with E-state index in [-0.39, 0.29) is 17.9 Å². The van der Waals surface area contributed by atoms with E-state index in [0.717, 1.165) is 10.8 Å². The molecule has 1 heterocycles. The average molecular weight is 395 g/mol. The van der Waals surface area contributed by atoms with Gasteiger partial charge < -0.3 is 14.5 Å². The molecule has 0 spiro atoms. The Hall–Kier alpha value is -4.12. The second-order valence-corrected chi connectivity index (χ2v) is 6.98. The molecule has 5 aromatic rings. The van der Waals surface area contributed by atoms with Gasteiger partial charge in [0.1, 0.15) is 16.9 Å². The Bertz CT molecular complexity index is 1470. The van der Waals surface area contributed by atoms with Crippen LogP contribution < -0.4 is 15.5 Å². The Morgan fingerprint density at radius 2 is 1.57 bits per heavy atom. The van der Waals surface area contributed by atoms with Crippen LogP contribution in [-0.2, 0) is 4.79 Å². The third kappa shape index (κ3) is 3.37. The molecule has 0 aliphatic heterocycles. The molecule has 0 saturated heterocycles. The summed E-state index contributed by atoms with van der Waals surface area (Å²) in [5, 5.41) is 6.00. The maximum absolute atomic E-state index is 12.6. The third-order valence-corrected chi connectivity index (χ3v) is 4.95. The van der Waals surface area contributed by atoms with Gasteiger partial charge in [0.15, 0.2) is 6.61 Å². The van der Waals surface area contributed by atoms with Gasteiger partial charge in [0.25, 0.3) is 5.91 Å². The summed E-state index contributed by atoms with van der Waals surface area (Å²) in [6.45, 7) is -0.157. The van der Waals surface area contributed by atoms with Crippen molar-refractivity contribution in [3.63, 3.8) is 0 Å². The molecule has 0 saturated carbocycles. The van der Waals surface area contributed by atoms with Crippen LogP contribution in [0.25, 0.3) is 32.7 Å². The SMILES string of the molecule is O=C(COc1ccc2c(=O)c3ccccc3oc2c1)Nc1ccc2ccccc2c1. The number of para-hydroxylation sites is 1. The van der Waals surface area contributed by atoms with Gasteiger partial charge in [-0.2, -0.15) is 0 Å². The maximum atomic E-state index is 12.6. The van der Waals surface area contributed by atoms with E-state index in [9.17, 15) is 9.59 Å². The Morgan fingerprint density at radius 1 is 0.800 bits per heavy atom. The predicted molar refractivity (Wildman–Crippen MR) is 118 cm³/mol. The van der Waals surface area contributed by atoms with E-state index in [0.29, 0.717) is 33.4 Å². The summed E-state index contributed by atoms with van der Waals surface area (Å²) in [5.74, 6) is 0.180. The zero-order valence-corrected chi connectivity index (χ0v) is 15.9.